The Morgan fingerprint density at radius 1 is 1.44 bits per heavy atom. The van der Waals surface area contributed by atoms with E-state index in [0.717, 1.165) is 0 Å². The molecule has 84 valence electrons. The lowest BCUT2D eigenvalue weighted by molar-refractivity contribution is 0.0955. The zero-order chi connectivity index (χ0) is 12.0. The number of rotatable bonds is 4. The van der Waals surface area contributed by atoms with E-state index >= 15 is 0 Å². The Balaban J connectivity index is 2.95. The third kappa shape index (κ3) is 2.67. The van der Waals surface area contributed by atoms with E-state index in [4.69, 9.17) is 15.9 Å². The number of ether oxygens (including phenoxy) is 2. The van der Waals surface area contributed by atoms with Crippen LogP contribution < -0.4 is 14.8 Å². The standard InChI is InChI=1S/C12H13NO3/c1-4-7-13-12(14)10-6-5-9(15-2)8-11(10)16-3/h1,5-6,8H,7H2,2-3H3,(H,13,14). The summed E-state index contributed by atoms with van der Waals surface area (Å²) < 4.78 is 10.1. The van der Waals surface area contributed by atoms with Gasteiger partial charge in [0.25, 0.3) is 5.91 Å². The molecule has 0 aromatic heterocycles. The van der Waals surface area contributed by atoms with Crippen molar-refractivity contribution < 1.29 is 14.3 Å². The van der Waals surface area contributed by atoms with Gasteiger partial charge < -0.3 is 14.8 Å². The zero-order valence-corrected chi connectivity index (χ0v) is 9.24. The Bertz CT molecular complexity index is 421. The van der Waals surface area contributed by atoms with Gasteiger partial charge in [-0.15, -0.1) is 6.42 Å². The Labute approximate surface area is 94.6 Å². The maximum atomic E-state index is 11.7. The smallest absolute Gasteiger partial charge is 0.255 e. The zero-order valence-electron chi connectivity index (χ0n) is 9.24. The van der Waals surface area contributed by atoms with Gasteiger partial charge in [0.1, 0.15) is 11.5 Å². The van der Waals surface area contributed by atoms with Gasteiger partial charge in [-0.1, -0.05) is 5.92 Å². The van der Waals surface area contributed by atoms with Gasteiger partial charge in [0.15, 0.2) is 0 Å². The second-order valence-corrected chi connectivity index (χ2v) is 2.95. The molecule has 4 nitrogen and oxygen atoms in total. The SMILES string of the molecule is C#CCNC(=O)c1ccc(OC)cc1OC. The van der Waals surface area contributed by atoms with Crippen molar-refractivity contribution in [2.45, 2.75) is 0 Å². The molecule has 0 radical (unpaired) electrons. The van der Waals surface area contributed by atoms with Crippen molar-refractivity contribution in [2.24, 2.45) is 0 Å². The quantitative estimate of drug-likeness (QED) is 0.770. The van der Waals surface area contributed by atoms with Gasteiger partial charge in [0.05, 0.1) is 26.3 Å². The number of methoxy groups -OCH3 is 2. The first-order valence-corrected chi connectivity index (χ1v) is 4.66. The maximum absolute atomic E-state index is 11.7. The summed E-state index contributed by atoms with van der Waals surface area (Å²) in [7, 11) is 3.04. The van der Waals surface area contributed by atoms with Gasteiger partial charge in [-0.2, -0.15) is 0 Å². The Morgan fingerprint density at radius 2 is 2.19 bits per heavy atom. The first-order chi connectivity index (χ1) is 7.72. The van der Waals surface area contributed by atoms with E-state index in [1.807, 2.05) is 0 Å². The van der Waals surface area contributed by atoms with Crippen molar-refractivity contribution in [3.63, 3.8) is 0 Å². The fourth-order valence-electron chi connectivity index (χ4n) is 1.21. The van der Waals surface area contributed by atoms with Gasteiger partial charge in [-0.3, -0.25) is 4.79 Å². The predicted molar refractivity (Wildman–Crippen MR) is 60.7 cm³/mol. The third-order valence-electron chi connectivity index (χ3n) is 2.00. The lowest BCUT2D eigenvalue weighted by Crippen LogP contribution is -2.23. The molecule has 0 spiro atoms. The van der Waals surface area contributed by atoms with Crippen LogP contribution in [0.25, 0.3) is 0 Å². The van der Waals surface area contributed by atoms with Crippen molar-refractivity contribution >= 4 is 5.91 Å². The maximum Gasteiger partial charge on any atom is 0.255 e. The minimum atomic E-state index is -0.266. The van der Waals surface area contributed by atoms with Crippen LogP contribution in [0.4, 0.5) is 0 Å². The molecule has 0 fully saturated rings. The molecule has 0 saturated carbocycles. The third-order valence-corrected chi connectivity index (χ3v) is 2.00. The van der Waals surface area contributed by atoms with Gasteiger partial charge in [0, 0.05) is 6.07 Å². The average Bonchev–Trinajstić information content (AvgIpc) is 2.34. The van der Waals surface area contributed by atoms with E-state index in [1.54, 1.807) is 25.3 Å². The van der Waals surface area contributed by atoms with Gasteiger partial charge in [-0.05, 0) is 12.1 Å². The normalized spacial score (nSPS) is 9.06. The largest absolute Gasteiger partial charge is 0.497 e. The summed E-state index contributed by atoms with van der Waals surface area (Å²) >= 11 is 0. The monoisotopic (exact) mass is 219 g/mol. The molecule has 0 unspecified atom stereocenters. The van der Waals surface area contributed by atoms with Crippen molar-refractivity contribution in [1.82, 2.24) is 5.32 Å². The fourth-order valence-corrected chi connectivity index (χ4v) is 1.21. The van der Waals surface area contributed by atoms with Crippen LogP contribution in [0.5, 0.6) is 11.5 Å². The van der Waals surface area contributed by atoms with E-state index in [0.29, 0.717) is 17.1 Å². The molecular weight excluding hydrogens is 206 g/mol. The molecule has 1 amide bonds. The molecule has 0 atom stereocenters. The van der Waals surface area contributed by atoms with E-state index in [1.165, 1.54) is 7.11 Å². The number of hydrogen-bond donors (Lipinski definition) is 1. The minimum absolute atomic E-state index is 0.189. The van der Waals surface area contributed by atoms with Gasteiger partial charge in [0.2, 0.25) is 0 Å². The molecule has 1 N–H and O–H groups in total. The molecule has 0 aliphatic heterocycles. The molecule has 16 heavy (non-hydrogen) atoms. The topological polar surface area (TPSA) is 47.6 Å². The number of nitrogens with one attached hydrogen (secondary N) is 1. The molecule has 0 heterocycles. The summed E-state index contributed by atoms with van der Waals surface area (Å²) in [5, 5.41) is 2.56. The number of hydrogen-bond acceptors (Lipinski definition) is 3. The second-order valence-electron chi connectivity index (χ2n) is 2.95. The first-order valence-electron chi connectivity index (χ1n) is 4.66. The van der Waals surface area contributed by atoms with Crippen LogP contribution in [0, 0.1) is 12.3 Å². The van der Waals surface area contributed by atoms with E-state index < -0.39 is 0 Å². The van der Waals surface area contributed by atoms with Crippen LogP contribution in [0.1, 0.15) is 10.4 Å². The van der Waals surface area contributed by atoms with Crippen LogP contribution in [0.15, 0.2) is 18.2 Å². The number of terminal acetylenes is 1. The van der Waals surface area contributed by atoms with Crippen molar-refractivity contribution in [2.75, 3.05) is 20.8 Å². The van der Waals surface area contributed by atoms with Crippen LogP contribution in [-0.2, 0) is 0 Å². The second kappa shape index (κ2) is 5.66. The summed E-state index contributed by atoms with van der Waals surface area (Å²) in [5.41, 5.74) is 0.429. The fraction of sp³-hybridized carbons (Fsp3) is 0.250. The van der Waals surface area contributed by atoms with Gasteiger partial charge in [-0.25, -0.2) is 0 Å². The number of benzene rings is 1. The van der Waals surface area contributed by atoms with Crippen molar-refractivity contribution in [1.29, 1.82) is 0 Å². The average molecular weight is 219 g/mol. The summed E-state index contributed by atoms with van der Waals surface area (Å²) in [6.45, 7) is 0.189. The summed E-state index contributed by atoms with van der Waals surface area (Å²) in [5.74, 6) is 3.15. The van der Waals surface area contributed by atoms with Crippen LogP contribution in [-0.4, -0.2) is 26.7 Å². The summed E-state index contributed by atoms with van der Waals surface area (Å²) in [6.07, 6.45) is 5.06. The highest BCUT2D eigenvalue weighted by atomic mass is 16.5. The molecule has 0 aliphatic rings. The predicted octanol–water partition coefficient (Wildman–Crippen LogP) is 1.07. The molecule has 0 aliphatic carbocycles. The lowest BCUT2D eigenvalue weighted by Gasteiger charge is -2.09. The minimum Gasteiger partial charge on any atom is -0.497 e. The Morgan fingerprint density at radius 3 is 2.75 bits per heavy atom. The lowest BCUT2D eigenvalue weighted by atomic mass is 10.1. The van der Waals surface area contributed by atoms with Crippen molar-refractivity contribution in [3.8, 4) is 23.8 Å². The molecule has 0 bridgehead atoms. The van der Waals surface area contributed by atoms with E-state index in [2.05, 4.69) is 11.2 Å². The van der Waals surface area contributed by atoms with Crippen LogP contribution in [0.2, 0.25) is 0 Å². The number of amides is 1. The Hall–Kier alpha value is -2.15. The number of carbonyl (C=O) groups excluding carboxylic acids is 1. The highest BCUT2D eigenvalue weighted by Gasteiger charge is 2.12. The van der Waals surface area contributed by atoms with Crippen LogP contribution >= 0.6 is 0 Å². The molecular formula is C12H13NO3. The highest BCUT2D eigenvalue weighted by molar-refractivity contribution is 5.97. The Kier molecular flexibility index (Phi) is 4.22. The highest BCUT2D eigenvalue weighted by Crippen LogP contribution is 2.24. The summed E-state index contributed by atoms with van der Waals surface area (Å²) in [4.78, 5) is 11.7. The van der Waals surface area contributed by atoms with Gasteiger partial charge >= 0.3 is 0 Å². The summed E-state index contributed by atoms with van der Waals surface area (Å²) in [6, 6.07) is 4.96. The molecule has 1 aromatic rings. The molecule has 1 aromatic carbocycles. The van der Waals surface area contributed by atoms with E-state index in [9.17, 15) is 4.79 Å². The molecule has 4 heteroatoms. The first kappa shape index (κ1) is 11.9. The van der Waals surface area contributed by atoms with Crippen LogP contribution in [0.3, 0.4) is 0 Å². The molecule has 1 rings (SSSR count). The van der Waals surface area contributed by atoms with Crippen molar-refractivity contribution in [3.05, 3.63) is 23.8 Å². The molecule has 0 saturated heterocycles. The number of carbonyl (C=O) groups is 1. The van der Waals surface area contributed by atoms with E-state index in [-0.39, 0.29) is 12.5 Å².